The van der Waals surface area contributed by atoms with Gasteiger partial charge in [0.2, 0.25) is 0 Å². The van der Waals surface area contributed by atoms with Crippen molar-refractivity contribution in [2.24, 2.45) is 0 Å². The predicted octanol–water partition coefficient (Wildman–Crippen LogP) is 3.86. The standard InChI is InChI=1S/C15H14BrNO/c16-13-6-2-3-7-14(13)17-10-12-9-11-5-1-4-8-15(11)18-12/h1-8,12,17H,9-10H2. The molecule has 1 aliphatic heterocycles. The third-order valence-corrected chi connectivity index (χ3v) is 3.80. The van der Waals surface area contributed by atoms with Crippen LogP contribution in [0.4, 0.5) is 5.69 Å². The molecule has 18 heavy (non-hydrogen) atoms. The lowest BCUT2D eigenvalue weighted by atomic mass is 10.1. The maximum atomic E-state index is 5.89. The van der Waals surface area contributed by atoms with Gasteiger partial charge in [-0.1, -0.05) is 30.3 Å². The fourth-order valence-corrected chi connectivity index (χ4v) is 2.62. The van der Waals surface area contributed by atoms with E-state index in [1.165, 1.54) is 5.56 Å². The molecule has 0 aliphatic carbocycles. The number of hydrogen-bond donors (Lipinski definition) is 1. The molecule has 0 saturated heterocycles. The van der Waals surface area contributed by atoms with Crippen molar-refractivity contribution in [2.45, 2.75) is 12.5 Å². The molecule has 1 heterocycles. The van der Waals surface area contributed by atoms with Crippen LogP contribution in [0.3, 0.4) is 0 Å². The summed E-state index contributed by atoms with van der Waals surface area (Å²) in [5.74, 6) is 1.02. The topological polar surface area (TPSA) is 21.3 Å². The van der Waals surface area contributed by atoms with E-state index in [9.17, 15) is 0 Å². The van der Waals surface area contributed by atoms with Crippen molar-refractivity contribution in [3.8, 4) is 5.75 Å². The van der Waals surface area contributed by atoms with Gasteiger partial charge in [-0.25, -0.2) is 0 Å². The molecule has 0 amide bonds. The Kier molecular flexibility index (Phi) is 3.24. The summed E-state index contributed by atoms with van der Waals surface area (Å²) in [7, 11) is 0. The third kappa shape index (κ3) is 2.36. The molecule has 2 nitrogen and oxygen atoms in total. The smallest absolute Gasteiger partial charge is 0.123 e. The quantitative estimate of drug-likeness (QED) is 0.929. The lowest BCUT2D eigenvalue weighted by Crippen LogP contribution is -2.24. The number of fused-ring (bicyclic) bond motifs is 1. The van der Waals surface area contributed by atoms with Gasteiger partial charge in [0.05, 0.1) is 6.54 Å². The molecule has 0 bridgehead atoms. The third-order valence-electron chi connectivity index (χ3n) is 3.11. The molecule has 1 aliphatic rings. The van der Waals surface area contributed by atoms with Crippen LogP contribution in [0.1, 0.15) is 5.56 Å². The zero-order chi connectivity index (χ0) is 12.4. The Labute approximate surface area is 115 Å². The first-order chi connectivity index (χ1) is 8.83. The maximum absolute atomic E-state index is 5.89. The Morgan fingerprint density at radius 2 is 1.89 bits per heavy atom. The molecule has 3 heteroatoms. The summed E-state index contributed by atoms with van der Waals surface area (Å²) in [6, 6.07) is 16.4. The highest BCUT2D eigenvalue weighted by molar-refractivity contribution is 9.10. The fourth-order valence-electron chi connectivity index (χ4n) is 2.20. The van der Waals surface area contributed by atoms with E-state index in [0.29, 0.717) is 0 Å². The molecule has 2 aromatic carbocycles. The van der Waals surface area contributed by atoms with Gasteiger partial charge in [-0.05, 0) is 39.7 Å². The SMILES string of the molecule is Brc1ccccc1NCC1Cc2ccccc2O1. The van der Waals surface area contributed by atoms with Crippen LogP contribution in [0, 0.1) is 0 Å². The summed E-state index contributed by atoms with van der Waals surface area (Å²) in [6.07, 6.45) is 1.20. The molecule has 0 fully saturated rings. The van der Waals surface area contributed by atoms with Crippen LogP contribution in [0.2, 0.25) is 0 Å². The van der Waals surface area contributed by atoms with E-state index in [0.717, 1.165) is 28.9 Å². The highest BCUT2D eigenvalue weighted by atomic mass is 79.9. The van der Waals surface area contributed by atoms with Crippen LogP contribution in [0.5, 0.6) is 5.75 Å². The average Bonchev–Trinajstić information content (AvgIpc) is 2.80. The number of nitrogens with one attached hydrogen (secondary N) is 1. The molecule has 3 rings (SSSR count). The Hall–Kier alpha value is -1.48. The molecule has 0 spiro atoms. The predicted molar refractivity (Wildman–Crippen MR) is 77.2 cm³/mol. The van der Waals surface area contributed by atoms with Crippen molar-refractivity contribution in [3.63, 3.8) is 0 Å². The molecule has 1 N–H and O–H groups in total. The number of ether oxygens (including phenoxy) is 1. The number of halogens is 1. The lowest BCUT2D eigenvalue weighted by molar-refractivity contribution is 0.246. The summed E-state index contributed by atoms with van der Waals surface area (Å²) in [5, 5.41) is 3.42. The minimum atomic E-state index is 0.217. The summed E-state index contributed by atoms with van der Waals surface area (Å²) in [6.45, 7) is 0.817. The second-order valence-electron chi connectivity index (χ2n) is 4.41. The van der Waals surface area contributed by atoms with Gasteiger partial charge >= 0.3 is 0 Å². The highest BCUT2D eigenvalue weighted by Gasteiger charge is 2.21. The van der Waals surface area contributed by atoms with Gasteiger partial charge in [0.25, 0.3) is 0 Å². The zero-order valence-corrected chi connectivity index (χ0v) is 11.5. The second-order valence-corrected chi connectivity index (χ2v) is 5.27. The van der Waals surface area contributed by atoms with E-state index in [1.54, 1.807) is 0 Å². The molecule has 92 valence electrons. The minimum Gasteiger partial charge on any atom is -0.488 e. The van der Waals surface area contributed by atoms with Gasteiger partial charge in [-0.3, -0.25) is 0 Å². The van der Waals surface area contributed by atoms with Crippen molar-refractivity contribution in [2.75, 3.05) is 11.9 Å². The Morgan fingerprint density at radius 1 is 1.11 bits per heavy atom. The molecule has 0 radical (unpaired) electrons. The number of anilines is 1. The van der Waals surface area contributed by atoms with Crippen LogP contribution in [-0.2, 0) is 6.42 Å². The van der Waals surface area contributed by atoms with Crippen LogP contribution < -0.4 is 10.1 Å². The van der Waals surface area contributed by atoms with Crippen LogP contribution in [-0.4, -0.2) is 12.6 Å². The lowest BCUT2D eigenvalue weighted by Gasteiger charge is -2.13. The van der Waals surface area contributed by atoms with Gasteiger partial charge < -0.3 is 10.1 Å². The van der Waals surface area contributed by atoms with E-state index < -0.39 is 0 Å². The summed E-state index contributed by atoms with van der Waals surface area (Å²) < 4.78 is 6.97. The van der Waals surface area contributed by atoms with Crippen LogP contribution in [0.25, 0.3) is 0 Å². The van der Waals surface area contributed by atoms with Crippen molar-refractivity contribution in [1.82, 2.24) is 0 Å². The Morgan fingerprint density at radius 3 is 2.72 bits per heavy atom. The van der Waals surface area contributed by atoms with Crippen molar-refractivity contribution >= 4 is 21.6 Å². The van der Waals surface area contributed by atoms with Gasteiger partial charge in [-0.15, -0.1) is 0 Å². The summed E-state index contributed by atoms with van der Waals surface area (Å²) in [4.78, 5) is 0. The molecular weight excluding hydrogens is 290 g/mol. The van der Waals surface area contributed by atoms with Gasteiger partial charge in [-0.2, -0.15) is 0 Å². The molecule has 1 unspecified atom stereocenters. The van der Waals surface area contributed by atoms with Gasteiger partial charge in [0, 0.05) is 16.6 Å². The van der Waals surface area contributed by atoms with E-state index >= 15 is 0 Å². The average molecular weight is 304 g/mol. The van der Waals surface area contributed by atoms with Crippen molar-refractivity contribution in [3.05, 3.63) is 58.6 Å². The second kappa shape index (κ2) is 5.02. The van der Waals surface area contributed by atoms with Crippen molar-refractivity contribution < 1.29 is 4.74 Å². The Balaban J connectivity index is 1.62. The first-order valence-electron chi connectivity index (χ1n) is 6.06. The molecule has 0 saturated carbocycles. The minimum absolute atomic E-state index is 0.217. The first kappa shape index (κ1) is 11.6. The highest BCUT2D eigenvalue weighted by Crippen LogP contribution is 2.28. The number of hydrogen-bond acceptors (Lipinski definition) is 2. The monoisotopic (exact) mass is 303 g/mol. The summed E-state index contributed by atoms with van der Waals surface area (Å²) >= 11 is 3.53. The number of para-hydroxylation sites is 2. The largest absolute Gasteiger partial charge is 0.488 e. The van der Waals surface area contributed by atoms with E-state index in [1.807, 2.05) is 30.3 Å². The van der Waals surface area contributed by atoms with E-state index in [2.05, 4.69) is 39.4 Å². The molecule has 0 aromatic heterocycles. The molecule has 2 aromatic rings. The fraction of sp³-hybridized carbons (Fsp3) is 0.200. The number of rotatable bonds is 3. The van der Waals surface area contributed by atoms with E-state index in [-0.39, 0.29) is 6.10 Å². The normalized spacial score (nSPS) is 17.1. The van der Waals surface area contributed by atoms with Crippen LogP contribution >= 0.6 is 15.9 Å². The molecular formula is C15H14BrNO. The van der Waals surface area contributed by atoms with E-state index in [4.69, 9.17) is 4.74 Å². The van der Waals surface area contributed by atoms with Crippen molar-refractivity contribution in [1.29, 1.82) is 0 Å². The first-order valence-corrected chi connectivity index (χ1v) is 6.85. The molecule has 1 atom stereocenters. The zero-order valence-electron chi connectivity index (χ0n) is 9.90. The van der Waals surface area contributed by atoms with Gasteiger partial charge in [0.1, 0.15) is 11.9 Å². The van der Waals surface area contributed by atoms with Gasteiger partial charge in [0.15, 0.2) is 0 Å². The Bertz CT molecular complexity index is 531. The maximum Gasteiger partial charge on any atom is 0.123 e. The van der Waals surface area contributed by atoms with Crippen LogP contribution in [0.15, 0.2) is 53.0 Å². The number of benzene rings is 2. The summed E-state index contributed by atoms with van der Waals surface area (Å²) in [5.41, 5.74) is 2.41.